The minimum atomic E-state index is 0.851. The third kappa shape index (κ3) is 2.64. The Bertz CT molecular complexity index is 683. The van der Waals surface area contributed by atoms with Gasteiger partial charge in [0.15, 0.2) is 0 Å². The first-order valence-corrected chi connectivity index (χ1v) is 6.78. The summed E-state index contributed by atoms with van der Waals surface area (Å²) in [6.45, 7) is 2.05. The second-order valence-corrected chi connectivity index (χ2v) is 5.20. The summed E-state index contributed by atoms with van der Waals surface area (Å²) in [5, 5.41) is 0.851. The van der Waals surface area contributed by atoms with Crippen LogP contribution in [0.1, 0.15) is 16.8 Å². The Hall–Kier alpha value is -1.80. The molecule has 0 aliphatic carbocycles. The van der Waals surface area contributed by atoms with Gasteiger partial charge in [-0.3, -0.25) is 0 Å². The largest absolute Gasteiger partial charge is 0.307 e. The lowest BCUT2D eigenvalue weighted by Gasteiger charge is -2.03. The van der Waals surface area contributed by atoms with E-state index in [4.69, 9.17) is 11.6 Å². The van der Waals surface area contributed by atoms with Crippen LogP contribution in [0, 0.1) is 6.92 Å². The monoisotopic (exact) mass is 270 g/mol. The van der Waals surface area contributed by atoms with Gasteiger partial charge in [0.25, 0.3) is 0 Å². The van der Waals surface area contributed by atoms with Gasteiger partial charge < -0.3 is 4.40 Å². The maximum absolute atomic E-state index is 6.25. The van der Waals surface area contributed by atoms with Crippen LogP contribution in [0.2, 0.25) is 5.02 Å². The molecule has 3 rings (SSSR count). The number of aryl methyl sites for hydroxylation is 3. The second kappa shape index (κ2) is 5.06. The highest BCUT2D eigenvalue weighted by Crippen LogP contribution is 2.19. The van der Waals surface area contributed by atoms with E-state index in [1.807, 2.05) is 34.9 Å². The first-order valence-electron chi connectivity index (χ1n) is 6.40. The standard InChI is InChI=1S/C16H15ClN2/c1-12-5-6-13(15(17)10-12)7-8-14-11-19-9-3-2-4-16(19)18-14/h2-6,9-11H,7-8H2,1H3. The van der Waals surface area contributed by atoms with Gasteiger partial charge in [0.2, 0.25) is 0 Å². The van der Waals surface area contributed by atoms with Gasteiger partial charge in [0.05, 0.1) is 5.69 Å². The summed E-state index contributed by atoms with van der Waals surface area (Å²) >= 11 is 6.25. The van der Waals surface area contributed by atoms with Gasteiger partial charge in [-0.2, -0.15) is 0 Å². The van der Waals surface area contributed by atoms with Crippen molar-refractivity contribution in [3.05, 3.63) is 70.6 Å². The molecular formula is C16H15ClN2. The lowest BCUT2D eigenvalue weighted by molar-refractivity contribution is 0.927. The average Bonchev–Trinajstić information content (AvgIpc) is 2.80. The Balaban J connectivity index is 1.78. The minimum Gasteiger partial charge on any atom is -0.307 e. The van der Waals surface area contributed by atoms with Crippen LogP contribution >= 0.6 is 11.6 Å². The fraction of sp³-hybridized carbons (Fsp3) is 0.188. The van der Waals surface area contributed by atoms with Gasteiger partial charge in [-0.05, 0) is 49.1 Å². The Morgan fingerprint density at radius 1 is 1.16 bits per heavy atom. The molecule has 0 spiro atoms. The quantitative estimate of drug-likeness (QED) is 0.701. The third-order valence-electron chi connectivity index (χ3n) is 3.27. The third-order valence-corrected chi connectivity index (χ3v) is 3.62. The van der Waals surface area contributed by atoms with Gasteiger partial charge in [-0.15, -0.1) is 0 Å². The zero-order valence-corrected chi connectivity index (χ0v) is 11.6. The summed E-state index contributed by atoms with van der Waals surface area (Å²) in [5.41, 5.74) is 4.47. The zero-order chi connectivity index (χ0) is 13.2. The molecule has 2 heterocycles. The van der Waals surface area contributed by atoms with Crippen molar-refractivity contribution >= 4 is 17.2 Å². The van der Waals surface area contributed by atoms with Crippen LogP contribution in [0.3, 0.4) is 0 Å². The molecule has 3 aromatic rings. The number of hydrogen-bond acceptors (Lipinski definition) is 1. The molecule has 2 nitrogen and oxygen atoms in total. The van der Waals surface area contributed by atoms with E-state index in [-0.39, 0.29) is 0 Å². The number of nitrogens with zero attached hydrogens (tertiary/aromatic N) is 2. The van der Waals surface area contributed by atoms with Gasteiger partial charge in [-0.25, -0.2) is 4.98 Å². The Morgan fingerprint density at radius 2 is 2.05 bits per heavy atom. The van der Waals surface area contributed by atoms with Crippen molar-refractivity contribution < 1.29 is 0 Å². The summed E-state index contributed by atoms with van der Waals surface area (Å²) in [4.78, 5) is 4.59. The first kappa shape index (κ1) is 12.2. The number of benzene rings is 1. The van der Waals surface area contributed by atoms with Crippen molar-refractivity contribution in [2.75, 3.05) is 0 Å². The van der Waals surface area contributed by atoms with Crippen LogP contribution < -0.4 is 0 Å². The summed E-state index contributed by atoms with van der Waals surface area (Å²) < 4.78 is 2.05. The van der Waals surface area contributed by atoms with Crippen LogP contribution in [-0.4, -0.2) is 9.38 Å². The molecule has 96 valence electrons. The topological polar surface area (TPSA) is 17.3 Å². The maximum atomic E-state index is 6.25. The molecule has 1 aromatic carbocycles. The Labute approximate surface area is 117 Å². The van der Waals surface area contributed by atoms with E-state index in [1.54, 1.807) is 0 Å². The molecule has 19 heavy (non-hydrogen) atoms. The molecule has 0 saturated carbocycles. The van der Waals surface area contributed by atoms with Crippen molar-refractivity contribution in [1.29, 1.82) is 0 Å². The number of aromatic nitrogens is 2. The molecule has 0 atom stereocenters. The fourth-order valence-corrected chi connectivity index (χ4v) is 2.56. The van der Waals surface area contributed by atoms with Crippen LogP contribution in [-0.2, 0) is 12.8 Å². The van der Waals surface area contributed by atoms with Crippen LogP contribution in [0.4, 0.5) is 0 Å². The molecule has 2 aromatic heterocycles. The van der Waals surface area contributed by atoms with Crippen molar-refractivity contribution in [2.24, 2.45) is 0 Å². The van der Waals surface area contributed by atoms with Crippen molar-refractivity contribution in [3.8, 4) is 0 Å². The van der Waals surface area contributed by atoms with Crippen LogP contribution in [0.25, 0.3) is 5.65 Å². The summed E-state index contributed by atoms with van der Waals surface area (Å²) in [6, 6.07) is 12.2. The highest BCUT2D eigenvalue weighted by atomic mass is 35.5. The summed E-state index contributed by atoms with van der Waals surface area (Å²) in [7, 11) is 0. The fourth-order valence-electron chi connectivity index (χ4n) is 2.23. The lowest BCUT2D eigenvalue weighted by atomic mass is 10.1. The normalized spacial score (nSPS) is 11.1. The van der Waals surface area contributed by atoms with Crippen molar-refractivity contribution in [1.82, 2.24) is 9.38 Å². The molecule has 3 heteroatoms. The Morgan fingerprint density at radius 3 is 2.84 bits per heavy atom. The molecule has 0 aliphatic rings. The number of pyridine rings is 1. The first-order chi connectivity index (χ1) is 9.22. The maximum Gasteiger partial charge on any atom is 0.136 e. The van der Waals surface area contributed by atoms with E-state index in [0.29, 0.717) is 0 Å². The minimum absolute atomic E-state index is 0.851. The zero-order valence-electron chi connectivity index (χ0n) is 10.8. The highest BCUT2D eigenvalue weighted by Gasteiger charge is 2.04. The Kier molecular flexibility index (Phi) is 3.26. The highest BCUT2D eigenvalue weighted by molar-refractivity contribution is 6.31. The molecule has 0 unspecified atom stereocenters. The predicted molar refractivity (Wildman–Crippen MR) is 78.8 cm³/mol. The molecule has 0 amide bonds. The molecular weight excluding hydrogens is 256 g/mol. The smallest absolute Gasteiger partial charge is 0.136 e. The van der Waals surface area contributed by atoms with E-state index in [0.717, 1.165) is 29.2 Å². The average molecular weight is 271 g/mol. The molecule has 0 N–H and O–H groups in total. The number of rotatable bonds is 3. The van der Waals surface area contributed by atoms with E-state index in [2.05, 4.69) is 30.2 Å². The van der Waals surface area contributed by atoms with E-state index >= 15 is 0 Å². The SMILES string of the molecule is Cc1ccc(CCc2cn3ccccc3n2)c(Cl)c1. The second-order valence-electron chi connectivity index (χ2n) is 4.79. The van der Waals surface area contributed by atoms with Crippen LogP contribution in [0.15, 0.2) is 48.8 Å². The molecule has 0 fully saturated rings. The van der Waals surface area contributed by atoms with Gasteiger partial charge in [-0.1, -0.05) is 29.8 Å². The summed E-state index contributed by atoms with van der Waals surface area (Å²) in [5.74, 6) is 0. The predicted octanol–water partition coefficient (Wildman–Crippen LogP) is 4.08. The van der Waals surface area contributed by atoms with Crippen molar-refractivity contribution in [2.45, 2.75) is 19.8 Å². The van der Waals surface area contributed by atoms with Crippen LogP contribution in [0.5, 0.6) is 0 Å². The van der Waals surface area contributed by atoms with E-state index < -0.39 is 0 Å². The van der Waals surface area contributed by atoms with Gasteiger partial charge in [0.1, 0.15) is 5.65 Å². The lowest BCUT2D eigenvalue weighted by Crippen LogP contribution is -1.93. The number of hydrogen-bond donors (Lipinski definition) is 0. The summed E-state index contributed by atoms with van der Waals surface area (Å²) in [6.07, 6.45) is 5.93. The number of halogens is 1. The van der Waals surface area contributed by atoms with E-state index in [1.165, 1.54) is 11.1 Å². The number of fused-ring (bicyclic) bond motifs is 1. The molecule has 0 radical (unpaired) electrons. The molecule has 0 saturated heterocycles. The molecule has 0 aliphatic heterocycles. The number of imidazole rings is 1. The van der Waals surface area contributed by atoms with Gasteiger partial charge >= 0.3 is 0 Å². The van der Waals surface area contributed by atoms with Crippen molar-refractivity contribution in [3.63, 3.8) is 0 Å². The molecule has 0 bridgehead atoms. The van der Waals surface area contributed by atoms with Gasteiger partial charge in [0, 0.05) is 17.4 Å². The van der Waals surface area contributed by atoms with E-state index in [9.17, 15) is 0 Å².